The van der Waals surface area contributed by atoms with Crippen LogP contribution in [0.1, 0.15) is 81.1 Å². The fourth-order valence-corrected chi connectivity index (χ4v) is 3.20. The van der Waals surface area contributed by atoms with Crippen molar-refractivity contribution < 1.29 is 4.79 Å². The first-order valence-electron chi connectivity index (χ1n) is 10.6. The molecule has 0 saturated heterocycles. The molecule has 0 spiro atoms. The highest BCUT2D eigenvalue weighted by atomic mass is 16.1. The van der Waals surface area contributed by atoms with E-state index in [0.717, 1.165) is 56.1 Å². The van der Waals surface area contributed by atoms with Crippen LogP contribution in [-0.4, -0.2) is 5.78 Å². The molecule has 0 aliphatic heterocycles. The zero-order valence-corrected chi connectivity index (χ0v) is 17.3. The molecule has 0 fully saturated rings. The average Bonchev–Trinajstić information content (AvgIpc) is 2.75. The zero-order valence-electron chi connectivity index (χ0n) is 17.3. The molecule has 2 rings (SSSR count). The Morgan fingerprint density at radius 1 is 0.750 bits per heavy atom. The van der Waals surface area contributed by atoms with Crippen LogP contribution in [0.3, 0.4) is 0 Å². The smallest absolute Gasteiger partial charge is 0.163 e. The number of ketones is 1. The summed E-state index contributed by atoms with van der Waals surface area (Å²) >= 11 is 0. The first-order chi connectivity index (χ1) is 13.7. The molecule has 0 N–H and O–H groups in total. The van der Waals surface area contributed by atoms with Gasteiger partial charge in [-0.2, -0.15) is 0 Å². The third-order valence-electron chi connectivity index (χ3n) is 4.92. The maximum atomic E-state index is 12.6. The van der Waals surface area contributed by atoms with Gasteiger partial charge in [0.05, 0.1) is 0 Å². The van der Waals surface area contributed by atoms with Crippen LogP contribution in [-0.2, 0) is 0 Å². The second kappa shape index (κ2) is 12.7. The van der Waals surface area contributed by atoms with E-state index in [1.54, 1.807) is 0 Å². The Hall–Kier alpha value is -2.59. The molecular formula is C27H32O. The van der Waals surface area contributed by atoms with Crippen LogP contribution in [0, 0.1) is 11.8 Å². The van der Waals surface area contributed by atoms with Gasteiger partial charge in [-0.1, -0.05) is 92.6 Å². The van der Waals surface area contributed by atoms with Crippen molar-refractivity contribution in [3.63, 3.8) is 0 Å². The molecule has 0 aliphatic carbocycles. The normalized spacial score (nSPS) is 11.4. The summed E-state index contributed by atoms with van der Waals surface area (Å²) in [4.78, 5) is 12.6. The minimum atomic E-state index is 0.223. The topological polar surface area (TPSA) is 17.1 Å². The lowest BCUT2D eigenvalue weighted by molar-refractivity contribution is 0.0982. The van der Waals surface area contributed by atoms with Gasteiger partial charge in [0.15, 0.2) is 5.78 Å². The van der Waals surface area contributed by atoms with E-state index in [9.17, 15) is 4.79 Å². The zero-order chi connectivity index (χ0) is 20.0. The molecule has 0 aromatic heterocycles. The molecule has 1 nitrogen and oxygen atoms in total. The maximum absolute atomic E-state index is 12.6. The molecule has 0 radical (unpaired) electrons. The van der Waals surface area contributed by atoms with E-state index in [0.29, 0.717) is 6.42 Å². The minimum absolute atomic E-state index is 0.223. The average molecular weight is 373 g/mol. The number of unbranched alkanes of at least 4 members (excludes halogenated alkanes) is 2. The van der Waals surface area contributed by atoms with E-state index in [-0.39, 0.29) is 5.78 Å². The lowest BCUT2D eigenvalue weighted by atomic mass is 9.93. The van der Waals surface area contributed by atoms with E-state index in [4.69, 9.17) is 0 Å². The highest BCUT2D eigenvalue weighted by Gasteiger charge is 2.10. The maximum Gasteiger partial charge on any atom is 0.163 e. The van der Waals surface area contributed by atoms with Gasteiger partial charge in [-0.3, -0.25) is 4.79 Å². The molecular weight excluding hydrogens is 340 g/mol. The SMILES string of the molecule is CCCC/C(C#Cc1ccccc1)=C(\CCCC)CCC(=O)c1ccccc1. The summed E-state index contributed by atoms with van der Waals surface area (Å²) < 4.78 is 0. The van der Waals surface area contributed by atoms with E-state index in [1.807, 2.05) is 48.5 Å². The molecule has 0 aliphatic rings. The fourth-order valence-electron chi connectivity index (χ4n) is 3.20. The third kappa shape index (κ3) is 7.57. The second-order valence-electron chi connectivity index (χ2n) is 7.19. The van der Waals surface area contributed by atoms with Crippen LogP contribution >= 0.6 is 0 Å². The van der Waals surface area contributed by atoms with Gasteiger partial charge in [-0.25, -0.2) is 0 Å². The predicted molar refractivity (Wildman–Crippen MR) is 119 cm³/mol. The third-order valence-corrected chi connectivity index (χ3v) is 4.92. The van der Waals surface area contributed by atoms with Crippen molar-refractivity contribution in [2.24, 2.45) is 0 Å². The van der Waals surface area contributed by atoms with Crippen LogP contribution in [0.25, 0.3) is 0 Å². The largest absolute Gasteiger partial charge is 0.294 e. The summed E-state index contributed by atoms with van der Waals surface area (Å²) in [5.74, 6) is 7.02. The highest BCUT2D eigenvalue weighted by molar-refractivity contribution is 5.96. The lowest BCUT2D eigenvalue weighted by Crippen LogP contribution is -2.01. The number of benzene rings is 2. The van der Waals surface area contributed by atoms with E-state index in [1.165, 1.54) is 11.1 Å². The summed E-state index contributed by atoms with van der Waals surface area (Å²) in [5.41, 5.74) is 4.48. The Balaban J connectivity index is 2.22. The number of hydrogen-bond acceptors (Lipinski definition) is 1. The van der Waals surface area contributed by atoms with Crippen molar-refractivity contribution in [3.8, 4) is 11.8 Å². The van der Waals surface area contributed by atoms with Crippen molar-refractivity contribution in [2.75, 3.05) is 0 Å². The monoisotopic (exact) mass is 372 g/mol. The fraction of sp³-hybridized carbons (Fsp3) is 0.370. The Morgan fingerprint density at radius 3 is 2.00 bits per heavy atom. The van der Waals surface area contributed by atoms with Crippen LogP contribution in [0.15, 0.2) is 71.8 Å². The highest BCUT2D eigenvalue weighted by Crippen LogP contribution is 2.23. The van der Waals surface area contributed by atoms with Gasteiger partial charge in [-0.05, 0) is 44.2 Å². The predicted octanol–water partition coefficient (Wildman–Crippen LogP) is 7.38. The number of allylic oxidation sites excluding steroid dienone is 2. The van der Waals surface area contributed by atoms with E-state index < -0.39 is 0 Å². The lowest BCUT2D eigenvalue weighted by Gasteiger charge is -2.12. The van der Waals surface area contributed by atoms with Gasteiger partial charge in [0.25, 0.3) is 0 Å². The van der Waals surface area contributed by atoms with Gasteiger partial charge in [-0.15, -0.1) is 0 Å². The second-order valence-corrected chi connectivity index (χ2v) is 7.19. The molecule has 0 atom stereocenters. The van der Waals surface area contributed by atoms with E-state index in [2.05, 4.69) is 37.8 Å². The summed E-state index contributed by atoms with van der Waals surface area (Å²) in [6.45, 7) is 4.43. The Kier molecular flexibility index (Phi) is 9.87. The first-order valence-corrected chi connectivity index (χ1v) is 10.6. The van der Waals surface area contributed by atoms with Gasteiger partial charge in [0, 0.05) is 23.1 Å². The quantitative estimate of drug-likeness (QED) is 0.314. The summed E-state index contributed by atoms with van der Waals surface area (Å²) in [6, 6.07) is 19.8. The number of carbonyl (C=O) groups excluding carboxylic acids is 1. The standard InChI is InChI=1S/C27H32O/c1-3-5-15-24(20-19-23-13-9-7-10-14-23)25(16-6-4-2)21-22-27(28)26-17-11-8-12-18-26/h7-14,17-18H,3-6,15-16,21-22H2,1-2H3/b25-24-. The number of Topliss-reactive ketones (excluding diaryl/α,β-unsaturated/α-hetero) is 1. The van der Waals surface area contributed by atoms with Crippen molar-refractivity contribution >= 4 is 5.78 Å². The molecule has 0 bridgehead atoms. The van der Waals surface area contributed by atoms with Gasteiger partial charge in [0.2, 0.25) is 0 Å². The molecule has 0 heterocycles. The van der Waals surface area contributed by atoms with Crippen molar-refractivity contribution in [2.45, 2.75) is 65.2 Å². The molecule has 2 aromatic carbocycles. The van der Waals surface area contributed by atoms with Gasteiger partial charge in [0.1, 0.15) is 0 Å². The molecule has 0 unspecified atom stereocenters. The van der Waals surface area contributed by atoms with Crippen molar-refractivity contribution in [1.82, 2.24) is 0 Å². The Labute approximate surface area is 170 Å². The van der Waals surface area contributed by atoms with Crippen molar-refractivity contribution in [1.29, 1.82) is 0 Å². The van der Waals surface area contributed by atoms with E-state index >= 15 is 0 Å². The van der Waals surface area contributed by atoms with Gasteiger partial charge >= 0.3 is 0 Å². The summed E-state index contributed by atoms with van der Waals surface area (Å²) in [6.07, 6.45) is 8.03. The van der Waals surface area contributed by atoms with Crippen LogP contribution in [0.4, 0.5) is 0 Å². The molecule has 2 aromatic rings. The van der Waals surface area contributed by atoms with Crippen LogP contribution in [0.2, 0.25) is 0 Å². The molecule has 0 saturated carbocycles. The van der Waals surface area contributed by atoms with Crippen LogP contribution < -0.4 is 0 Å². The molecule has 0 amide bonds. The molecule has 146 valence electrons. The first kappa shape index (κ1) is 21.7. The van der Waals surface area contributed by atoms with Crippen LogP contribution in [0.5, 0.6) is 0 Å². The molecule has 1 heteroatoms. The summed E-state index contributed by atoms with van der Waals surface area (Å²) in [7, 11) is 0. The summed E-state index contributed by atoms with van der Waals surface area (Å²) in [5, 5.41) is 0. The minimum Gasteiger partial charge on any atom is -0.294 e. The number of rotatable bonds is 10. The number of hydrogen-bond donors (Lipinski definition) is 0. The number of carbonyl (C=O) groups is 1. The van der Waals surface area contributed by atoms with Crippen molar-refractivity contribution in [3.05, 3.63) is 82.9 Å². The Morgan fingerprint density at radius 2 is 1.36 bits per heavy atom. The van der Waals surface area contributed by atoms with Gasteiger partial charge < -0.3 is 0 Å². The molecule has 28 heavy (non-hydrogen) atoms. The Bertz CT molecular complexity index is 804.